The number of rotatable bonds is 3. The van der Waals surface area contributed by atoms with E-state index in [9.17, 15) is 9.90 Å². The molecule has 2 aromatic rings. The molecule has 0 saturated heterocycles. The van der Waals surface area contributed by atoms with Crippen LogP contribution in [-0.2, 0) is 0 Å². The van der Waals surface area contributed by atoms with Gasteiger partial charge in [-0.15, -0.1) is 0 Å². The molecule has 1 aromatic carbocycles. The Balaban J connectivity index is 2.27. The fraction of sp³-hybridized carbons (Fsp3) is 0.0833. The molecule has 0 amide bonds. The number of hydrogen-bond donors (Lipinski definition) is 2. The molecule has 1 heterocycles. The molecule has 1 aromatic heterocycles. The van der Waals surface area contributed by atoms with E-state index in [2.05, 4.69) is 0 Å². The molecule has 0 spiro atoms. The van der Waals surface area contributed by atoms with Crippen LogP contribution < -0.4 is 0 Å². The summed E-state index contributed by atoms with van der Waals surface area (Å²) >= 11 is 5.73. The van der Waals surface area contributed by atoms with Crippen LogP contribution in [0, 0.1) is 0 Å². The number of aliphatic hydroxyl groups excluding tert-OH is 1. The van der Waals surface area contributed by atoms with Crippen molar-refractivity contribution in [3.05, 3.63) is 58.5 Å². The maximum atomic E-state index is 10.6. The predicted octanol–water partition coefficient (Wildman–Crippen LogP) is 2.71. The van der Waals surface area contributed by atoms with Gasteiger partial charge in [0.25, 0.3) is 0 Å². The van der Waals surface area contributed by atoms with Gasteiger partial charge in [-0.2, -0.15) is 0 Å². The molecular weight excluding hydrogens is 244 g/mol. The van der Waals surface area contributed by atoms with Crippen molar-refractivity contribution >= 4 is 17.6 Å². The third kappa shape index (κ3) is 2.49. The number of benzene rings is 1. The van der Waals surface area contributed by atoms with Gasteiger partial charge >= 0.3 is 5.97 Å². The molecule has 0 bridgehead atoms. The lowest BCUT2D eigenvalue weighted by molar-refractivity contribution is 0.0655. The molecule has 2 rings (SSSR count). The summed E-state index contributed by atoms with van der Waals surface area (Å²) < 4.78 is 5.01. The number of carboxylic acids is 1. The van der Waals surface area contributed by atoms with Crippen molar-refractivity contribution in [3.8, 4) is 0 Å². The lowest BCUT2D eigenvalue weighted by Crippen LogP contribution is -1.98. The van der Waals surface area contributed by atoms with E-state index in [1.807, 2.05) is 0 Å². The van der Waals surface area contributed by atoms with Gasteiger partial charge in [-0.05, 0) is 29.8 Å². The first-order valence-corrected chi connectivity index (χ1v) is 5.22. The average molecular weight is 253 g/mol. The number of carboxylic acid groups (broad SMARTS) is 1. The molecule has 88 valence electrons. The van der Waals surface area contributed by atoms with Crippen molar-refractivity contribution in [1.29, 1.82) is 0 Å². The molecule has 1 unspecified atom stereocenters. The third-order valence-electron chi connectivity index (χ3n) is 2.29. The molecule has 2 N–H and O–H groups in total. The van der Waals surface area contributed by atoms with E-state index in [0.29, 0.717) is 10.6 Å². The lowest BCUT2D eigenvalue weighted by Gasteiger charge is -2.07. The van der Waals surface area contributed by atoms with E-state index >= 15 is 0 Å². The van der Waals surface area contributed by atoms with E-state index in [0.717, 1.165) is 0 Å². The summed E-state index contributed by atoms with van der Waals surface area (Å²) in [6.07, 6.45) is -1.000. The van der Waals surface area contributed by atoms with Crippen molar-refractivity contribution in [1.82, 2.24) is 0 Å². The van der Waals surface area contributed by atoms with Crippen LogP contribution in [0.1, 0.15) is 28.0 Å². The quantitative estimate of drug-likeness (QED) is 0.881. The highest BCUT2D eigenvalue weighted by molar-refractivity contribution is 6.30. The number of halogens is 1. The summed E-state index contributed by atoms with van der Waals surface area (Å²) in [5.41, 5.74) is 0.584. The second-order valence-electron chi connectivity index (χ2n) is 3.46. The smallest absolute Gasteiger partial charge is 0.371 e. The highest BCUT2D eigenvalue weighted by Crippen LogP contribution is 2.24. The van der Waals surface area contributed by atoms with Gasteiger partial charge in [0.2, 0.25) is 5.76 Å². The molecule has 0 radical (unpaired) electrons. The molecular formula is C12H9ClO4. The minimum absolute atomic E-state index is 0.185. The van der Waals surface area contributed by atoms with Crippen LogP contribution in [0.25, 0.3) is 0 Å². The Kier molecular flexibility index (Phi) is 3.17. The molecule has 4 nitrogen and oxygen atoms in total. The Morgan fingerprint density at radius 2 is 1.82 bits per heavy atom. The van der Waals surface area contributed by atoms with Crippen molar-refractivity contribution in [2.45, 2.75) is 6.10 Å². The fourth-order valence-corrected chi connectivity index (χ4v) is 1.55. The zero-order chi connectivity index (χ0) is 12.4. The van der Waals surface area contributed by atoms with Crippen LogP contribution in [0.4, 0.5) is 0 Å². The first-order valence-electron chi connectivity index (χ1n) is 4.84. The Bertz CT molecular complexity index is 530. The zero-order valence-electron chi connectivity index (χ0n) is 8.63. The van der Waals surface area contributed by atoms with Gasteiger partial charge in [-0.25, -0.2) is 4.79 Å². The van der Waals surface area contributed by atoms with Crippen molar-refractivity contribution < 1.29 is 19.4 Å². The number of carbonyl (C=O) groups is 1. The van der Waals surface area contributed by atoms with Gasteiger partial charge in [0.05, 0.1) is 0 Å². The molecule has 0 saturated carbocycles. The normalized spacial score (nSPS) is 12.4. The van der Waals surface area contributed by atoms with Gasteiger partial charge < -0.3 is 14.6 Å². The minimum Gasteiger partial charge on any atom is -0.475 e. The monoisotopic (exact) mass is 252 g/mol. The van der Waals surface area contributed by atoms with Gasteiger partial charge in [-0.1, -0.05) is 23.7 Å². The topological polar surface area (TPSA) is 70.7 Å². The van der Waals surface area contributed by atoms with E-state index in [1.165, 1.54) is 12.1 Å². The second kappa shape index (κ2) is 4.61. The van der Waals surface area contributed by atoms with Gasteiger partial charge in [-0.3, -0.25) is 0 Å². The summed E-state index contributed by atoms with van der Waals surface area (Å²) in [6.45, 7) is 0. The summed E-state index contributed by atoms with van der Waals surface area (Å²) in [7, 11) is 0. The first-order chi connectivity index (χ1) is 8.08. The zero-order valence-corrected chi connectivity index (χ0v) is 9.39. The Morgan fingerprint density at radius 1 is 1.18 bits per heavy atom. The number of furan rings is 1. The van der Waals surface area contributed by atoms with Crippen LogP contribution in [0.5, 0.6) is 0 Å². The van der Waals surface area contributed by atoms with Gasteiger partial charge in [0.1, 0.15) is 11.9 Å². The van der Waals surface area contributed by atoms with E-state index < -0.39 is 12.1 Å². The number of aromatic carboxylic acids is 1. The Labute approximate surface area is 102 Å². The summed E-state index contributed by atoms with van der Waals surface area (Å²) in [5.74, 6) is -1.18. The minimum atomic E-state index is -1.17. The SMILES string of the molecule is O=C(O)c1ccc(C(O)c2ccc(Cl)cc2)o1. The molecule has 17 heavy (non-hydrogen) atoms. The summed E-state index contributed by atoms with van der Waals surface area (Å²) in [6, 6.07) is 9.31. The van der Waals surface area contributed by atoms with Crippen LogP contribution in [0.2, 0.25) is 5.02 Å². The van der Waals surface area contributed by atoms with E-state index in [1.54, 1.807) is 24.3 Å². The van der Waals surface area contributed by atoms with Gasteiger partial charge in [0.15, 0.2) is 0 Å². The molecule has 0 aliphatic heterocycles. The third-order valence-corrected chi connectivity index (χ3v) is 2.54. The highest BCUT2D eigenvalue weighted by atomic mass is 35.5. The standard InChI is InChI=1S/C12H9ClO4/c13-8-3-1-7(2-4-8)11(14)9-5-6-10(17-9)12(15)16/h1-6,11,14H,(H,15,16). The molecule has 0 aliphatic rings. The predicted molar refractivity (Wildman–Crippen MR) is 61.2 cm³/mol. The maximum Gasteiger partial charge on any atom is 0.371 e. The molecule has 5 heteroatoms. The Hall–Kier alpha value is -1.78. The maximum absolute atomic E-state index is 10.6. The van der Waals surface area contributed by atoms with Crippen LogP contribution in [0.15, 0.2) is 40.8 Å². The van der Waals surface area contributed by atoms with E-state index in [-0.39, 0.29) is 11.5 Å². The Morgan fingerprint density at radius 3 is 2.35 bits per heavy atom. The first kappa shape index (κ1) is 11.7. The fourth-order valence-electron chi connectivity index (χ4n) is 1.42. The van der Waals surface area contributed by atoms with Crippen LogP contribution in [0.3, 0.4) is 0 Å². The van der Waals surface area contributed by atoms with Gasteiger partial charge in [0, 0.05) is 5.02 Å². The number of hydrogen-bond acceptors (Lipinski definition) is 3. The average Bonchev–Trinajstić information content (AvgIpc) is 2.78. The van der Waals surface area contributed by atoms with Crippen LogP contribution in [-0.4, -0.2) is 16.2 Å². The lowest BCUT2D eigenvalue weighted by atomic mass is 10.1. The second-order valence-corrected chi connectivity index (χ2v) is 3.90. The van der Waals surface area contributed by atoms with Crippen molar-refractivity contribution in [3.63, 3.8) is 0 Å². The largest absolute Gasteiger partial charge is 0.475 e. The van der Waals surface area contributed by atoms with Crippen LogP contribution >= 0.6 is 11.6 Å². The van der Waals surface area contributed by atoms with Crippen molar-refractivity contribution in [2.24, 2.45) is 0 Å². The molecule has 1 atom stereocenters. The van der Waals surface area contributed by atoms with Crippen molar-refractivity contribution in [2.75, 3.05) is 0 Å². The molecule has 0 fully saturated rings. The summed E-state index contributed by atoms with van der Waals surface area (Å²) in [5, 5.41) is 19.2. The summed E-state index contributed by atoms with van der Waals surface area (Å²) in [4.78, 5) is 10.6. The highest BCUT2D eigenvalue weighted by Gasteiger charge is 2.17. The number of aliphatic hydroxyl groups is 1. The van der Waals surface area contributed by atoms with E-state index in [4.69, 9.17) is 21.1 Å². The molecule has 0 aliphatic carbocycles.